The van der Waals surface area contributed by atoms with Crippen molar-refractivity contribution in [2.75, 3.05) is 52.9 Å². The fourth-order valence-corrected chi connectivity index (χ4v) is 2.45. The SMILES string of the molecule is CCNCC(C)C(=O)NCC(C)(C)N1CCN(C)CC1. The van der Waals surface area contributed by atoms with E-state index < -0.39 is 0 Å². The molecule has 0 aromatic rings. The van der Waals surface area contributed by atoms with E-state index in [4.69, 9.17) is 0 Å². The van der Waals surface area contributed by atoms with Crippen molar-refractivity contribution in [3.8, 4) is 0 Å². The first-order valence-corrected chi connectivity index (χ1v) is 7.79. The molecule has 5 heteroatoms. The van der Waals surface area contributed by atoms with Crippen LogP contribution >= 0.6 is 0 Å². The van der Waals surface area contributed by atoms with Crippen LogP contribution in [0.4, 0.5) is 0 Å². The van der Waals surface area contributed by atoms with Crippen molar-refractivity contribution >= 4 is 5.91 Å². The summed E-state index contributed by atoms with van der Waals surface area (Å²) in [4.78, 5) is 16.9. The van der Waals surface area contributed by atoms with Crippen molar-refractivity contribution in [1.29, 1.82) is 0 Å². The summed E-state index contributed by atoms with van der Waals surface area (Å²) in [7, 11) is 2.16. The van der Waals surface area contributed by atoms with Gasteiger partial charge in [-0.1, -0.05) is 13.8 Å². The topological polar surface area (TPSA) is 47.6 Å². The zero-order chi connectivity index (χ0) is 15.2. The summed E-state index contributed by atoms with van der Waals surface area (Å²) in [6.45, 7) is 15.2. The predicted octanol–water partition coefficient (Wildman–Crippen LogP) is 0.374. The average molecular weight is 284 g/mol. The second-order valence-electron chi connectivity index (χ2n) is 6.53. The molecule has 118 valence electrons. The molecule has 1 fully saturated rings. The Bertz CT molecular complexity index is 298. The maximum atomic E-state index is 12.1. The van der Waals surface area contributed by atoms with Crippen LogP contribution in [0.15, 0.2) is 0 Å². The van der Waals surface area contributed by atoms with Crippen LogP contribution in [0.5, 0.6) is 0 Å². The largest absolute Gasteiger partial charge is 0.354 e. The Morgan fingerprint density at radius 3 is 2.40 bits per heavy atom. The molecule has 0 aromatic carbocycles. The molecule has 2 N–H and O–H groups in total. The molecule has 0 bridgehead atoms. The Hall–Kier alpha value is -0.650. The van der Waals surface area contributed by atoms with E-state index in [9.17, 15) is 4.79 Å². The van der Waals surface area contributed by atoms with Gasteiger partial charge in [0.25, 0.3) is 0 Å². The Labute approximate surface area is 124 Å². The zero-order valence-corrected chi connectivity index (χ0v) is 13.8. The third-order valence-corrected chi connectivity index (χ3v) is 4.20. The summed E-state index contributed by atoms with van der Waals surface area (Å²) in [5.41, 5.74) is 0.0226. The molecule has 1 rings (SSSR count). The van der Waals surface area contributed by atoms with Crippen molar-refractivity contribution < 1.29 is 4.79 Å². The molecule has 1 aliphatic rings. The van der Waals surface area contributed by atoms with Gasteiger partial charge in [-0.2, -0.15) is 0 Å². The van der Waals surface area contributed by atoms with E-state index in [0.29, 0.717) is 6.54 Å². The second kappa shape index (κ2) is 7.96. The highest BCUT2D eigenvalue weighted by Gasteiger charge is 2.29. The number of hydrogen-bond acceptors (Lipinski definition) is 4. The van der Waals surface area contributed by atoms with Gasteiger partial charge in [0, 0.05) is 50.7 Å². The molecule has 1 unspecified atom stereocenters. The second-order valence-corrected chi connectivity index (χ2v) is 6.53. The van der Waals surface area contributed by atoms with E-state index >= 15 is 0 Å². The lowest BCUT2D eigenvalue weighted by Gasteiger charge is -2.43. The van der Waals surface area contributed by atoms with Crippen molar-refractivity contribution in [3.63, 3.8) is 0 Å². The van der Waals surface area contributed by atoms with Crippen molar-refractivity contribution in [2.45, 2.75) is 33.2 Å². The van der Waals surface area contributed by atoms with Gasteiger partial charge in [0.05, 0.1) is 0 Å². The lowest BCUT2D eigenvalue weighted by Crippen LogP contribution is -2.58. The monoisotopic (exact) mass is 284 g/mol. The number of amides is 1. The molecule has 0 saturated carbocycles. The number of likely N-dealkylation sites (N-methyl/N-ethyl adjacent to an activating group) is 1. The van der Waals surface area contributed by atoms with Gasteiger partial charge in [-0.15, -0.1) is 0 Å². The first-order valence-electron chi connectivity index (χ1n) is 7.79. The Morgan fingerprint density at radius 1 is 1.25 bits per heavy atom. The third kappa shape index (κ3) is 5.38. The van der Waals surface area contributed by atoms with Crippen LogP contribution in [0.3, 0.4) is 0 Å². The molecule has 1 amide bonds. The Morgan fingerprint density at radius 2 is 1.85 bits per heavy atom. The van der Waals surface area contributed by atoms with Crippen LogP contribution in [0.2, 0.25) is 0 Å². The van der Waals surface area contributed by atoms with Gasteiger partial charge < -0.3 is 15.5 Å². The molecule has 1 atom stereocenters. The molecular weight excluding hydrogens is 252 g/mol. The van der Waals surface area contributed by atoms with Crippen molar-refractivity contribution in [3.05, 3.63) is 0 Å². The van der Waals surface area contributed by atoms with E-state index in [1.165, 1.54) is 0 Å². The summed E-state index contributed by atoms with van der Waals surface area (Å²) in [5.74, 6) is 0.173. The smallest absolute Gasteiger partial charge is 0.224 e. The van der Waals surface area contributed by atoms with Crippen LogP contribution < -0.4 is 10.6 Å². The summed E-state index contributed by atoms with van der Waals surface area (Å²) in [6.07, 6.45) is 0. The van der Waals surface area contributed by atoms with E-state index in [1.54, 1.807) is 0 Å². The number of piperazine rings is 1. The molecule has 1 aliphatic heterocycles. The van der Waals surface area contributed by atoms with Gasteiger partial charge in [-0.25, -0.2) is 0 Å². The van der Waals surface area contributed by atoms with Gasteiger partial charge in [0.1, 0.15) is 0 Å². The summed E-state index contributed by atoms with van der Waals surface area (Å²) < 4.78 is 0. The molecule has 5 nitrogen and oxygen atoms in total. The summed E-state index contributed by atoms with van der Waals surface area (Å²) in [5, 5.41) is 6.32. The molecule has 0 aliphatic carbocycles. The number of carbonyl (C=O) groups is 1. The highest BCUT2D eigenvalue weighted by Crippen LogP contribution is 2.15. The quantitative estimate of drug-likeness (QED) is 0.709. The van der Waals surface area contributed by atoms with Crippen LogP contribution in [0.1, 0.15) is 27.7 Å². The Kier molecular flexibility index (Phi) is 6.92. The molecule has 1 heterocycles. The predicted molar refractivity (Wildman–Crippen MR) is 83.9 cm³/mol. The third-order valence-electron chi connectivity index (χ3n) is 4.20. The number of hydrogen-bond donors (Lipinski definition) is 2. The van der Waals surface area contributed by atoms with E-state index in [1.807, 2.05) is 6.92 Å². The van der Waals surface area contributed by atoms with Gasteiger partial charge >= 0.3 is 0 Å². The molecule has 20 heavy (non-hydrogen) atoms. The minimum absolute atomic E-state index is 0.0226. The summed E-state index contributed by atoms with van der Waals surface area (Å²) in [6, 6.07) is 0. The minimum Gasteiger partial charge on any atom is -0.354 e. The maximum absolute atomic E-state index is 12.1. The summed E-state index contributed by atoms with van der Waals surface area (Å²) >= 11 is 0. The number of carbonyl (C=O) groups excluding carboxylic acids is 1. The van der Waals surface area contributed by atoms with Gasteiger partial charge in [0.2, 0.25) is 5.91 Å². The standard InChI is InChI=1S/C15H32N4O/c1-6-16-11-13(2)14(20)17-12-15(3,4)19-9-7-18(5)8-10-19/h13,16H,6-12H2,1-5H3,(H,17,20). The lowest BCUT2D eigenvalue weighted by molar-refractivity contribution is -0.125. The van der Waals surface area contributed by atoms with E-state index in [-0.39, 0.29) is 17.4 Å². The van der Waals surface area contributed by atoms with Crippen molar-refractivity contribution in [2.24, 2.45) is 5.92 Å². The van der Waals surface area contributed by atoms with E-state index in [2.05, 4.69) is 48.3 Å². The van der Waals surface area contributed by atoms with Crippen LogP contribution in [-0.2, 0) is 4.79 Å². The van der Waals surface area contributed by atoms with E-state index in [0.717, 1.165) is 39.3 Å². The van der Waals surface area contributed by atoms with Crippen LogP contribution in [0, 0.1) is 5.92 Å². The van der Waals surface area contributed by atoms with Crippen LogP contribution in [0.25, 0.3) is 0 Å². The number of rotatable bonds is 7. The van der Waals surface area contributed by atoms with Gasteiger partial charge in [-0.3, -0.25) is 9.69 Å². The fourth-order valence-electron chi connectivity index (χ4n) is 2.45. The zero-order valence-electron chi connectivity index (χ0n) is 13.8. The minimum atomic E-state index is 0.0226. The molecule has 1 saturated heterocycles. The number of nitrogens with zero attached hydrogens (tertiary/aromatic N) is 2. The molecular formula is C15H32N4O. The lowest BCUT2D eigenvalue weighted by atomic mass is 10.0. The highest BCUT2D eigenvalue weighted by atomic mass is 16.1. The van der Waals surface area contributed by atoms with Gasteiger partial charge in [0.15, 0.2) is 0 Å². The van der Waals surface area contributed by atoms with Crippen molar-refractivity contribution in [1.82, 2.24) is 20.4 Å². The highest BCUT2D eigenvalue weighted by molar-refractivity contribution is 5.78. The first kappa shape index (κ1) is 17.4. The first-order chi connectivity index (χ1) is 9.36. The average Bonchev–Trinajstić information content (AvgIpc) is 2.42. The fraction of sp³-hybridized carbons (Fsp3) is 0.933. The van der Waals surface area contributed by atoms with Crippen LogP contribution in [-0.4, -0.2) is 74.1 Å². The molecule has 0 spiro atoms. The molecule has 0 aromatic heterocycles. The molecule has 0 radical (unpaired) electrons. The number of nitrogens with one attached hydrogen (secondary N) is 2. The van der Waals surface area contributed by atoms with Gasteiger partial charge in [-0.05, 0) is 27.4 Å². The normalized spacial score (nSPS) is 19.9. The Balaban J connectivity index is 2.36. The maximum Gasteiger partial charge on any atom is 0.224 e.